The highest BCUT2D eigenvalue weighted by atomic mass is 79.9. The molecule has 0 saturated carbocycles. The largest absolute Gasteiger partial charge is 0.349 e. The van der Waals surface area contributed by atoms with Crippen LogP contribution in [0.3, 0.4) is 0 Å². The minimum absolute atomic E-state index is 0.0629. The van der Waals surface area contributed by atoms with Gasteiger partial charge in [-0.3, -0.25) is 4.79 Å². The van der Waals surface area contributed by atoms with Crippen molar-refractivity contribution in [2.24, 2.45) is 5.41 Å². The zero-order chi connectivity index (χ0) is 16.6. The van der Waals surface area contributed by atoms with Gasteiger partial charge in [0, 0.05) is 26.8 Å². The summed E-state index contributed by atoms with van der Waals surface area (Å²) < 4.78 is 23.6. The third-order valence-corrected chi connectivity index (χ3v) is 5.38. The number of nitrogens with one attached hydrogen (secondary N) is 1. The van der Waals surface area contributed by atoms with Crippen LogP contribution in [-0.2, 0) is 9.05 Å². The summed E-state index contributed by atoms with van der Waals surface area (Å²) in [4.78, 5) is 12.3. The van der Waals surface area contributed by atoms with Crippen molar-refractivity contribution < 1.29 is 13.2 Å². The molecular formula is C14H19BrClNO3S. The molecule has 0 aliphatic heterocycles. The van der Waals surface area contributed by atoms with Crippen molar-refractivity contribution in [1.29, 1.82) is 0 Å². The lowest BCUT2D eigenvalue weighted by Crippen LogP contribution is -2.41. The topological polar surface area (TPSA) is 63.2 Å². The van der Waals surface area contributed by atoms with Crippen molar-refractivity contribution in [3.05, 3.63) is 27.7 Å². The second-order valence-electron chi connectivity index (χ2n) is 6.08. The first kappa shape index (κ1) is 18.5. The summed E-state index contributed by atoms with van der Waals surface area (Å²) in [5.41, 5.74) is 0.531. The second-order valence-corrected chi connectivity index (χ2v) is 9.53. The molecule has 0 fully saturated rings. The van der Waals surface area contributed by atoms with Crippen molar-refractivity contribution in [2.75, 3.05) is 0 Å². The molecule has 1 N–H and O–H groups in total. The van der Waals surface area contributed by atoms with Gasteiger partial charge in [0.25, 0.3) is 15.0 Å². The molecule has 0 aliphatic rings. The lowest BCUT2D eigenvalue weighted by Gasteiger charge is -2.28. The van der Waals surface area contributed by atoms with Gasteiger partial charge >= 0.3 is 0 Å². The molecule has 1 aromatic rings. The van der Waals surface area contributed by atoms with Crippen LogP contribution in [0.4, 0.5) is 0 Å². The van der Waals surface area contributed by atoms with Crippen LogP contribution in [0.5, 0.6) is 0 Å². The summed E-state index contributed by atoms with van der Waals surface area (Å²) in [6.07, 6.45) is 0. The van der Waals surface area contributed by atoms with Gasteiger partial charge in [0.1, 0.15) is 0 Å². The third-order valence-electron chi connectivity index (χ3n) is 3.48. The molecule has 0 aliphatic carbocycles. The fourth-order valence-electron chi connectivity index (χ4n) is 1.63. The molecule has 0 saturated heterocycles. The van der Waals surface area contributed by atoms with Crippen LogP contribution in [0.25, 0.3) is 0 Å². The molecule has 4 nitrogen and oxygen atoms in total. The van der Waals surface area contributed by atoms with Gasteiger partial charge in [0.05, 0.1) is 4.90 Å². The van der Waals surface area contributed by atoms with E-state index in [1.165, 1.54) is 6.07 Å². The van der Waals surface area contributed by atoms with Gasteiger partial charge in [0.2, 0.25) is 0 Å². The van der Waals surface area contributed by atoms with E-state index in [4.69, 9.17) is 10.7 Å². The van der Waals surface area contributed by atoms with Crippen LogP contribution in [0.1, 0.15) is 43.6 Å². The quantitative estimate of drug-likeness (QED) is 0.789. The minimum atomic E-state index is -3.91. The summed E-state index contributed by atoms with van der Waals surface area (Å²) in [6, 6.07) is 2.91. The van der Waals surface area contributed by atoms with E-state index >= 15 is 0 Å². The molecule has 0 aromatic heterocycles. The number of benzene rings is 1. The molecule has 0 radical (unpaired) electrons. The molecular weight excluding hydrogens is 378 g/mol. The van der Waals surface area contributed by atoms with Crippen LogP contribution in [-0.4, -0.2) is 20.4 Å². The Balaban J connectivity index is 3.26. The van der Waals surface area contributed by atoms with E-state index in [9.17, 15) is 13.2 Å². The average molecular weight is 397 g/mol. The Labute approximate surface area is 138 Å². The number of carbonyl (C=O) groups is 1. The predicted molar refractivity (Wildman–Crippen MR) is 88.3 cm³/mol. The number of hydrogen-bond acceptors (Lipinski definition) is 3. The van der Waals surface area contributed by atoms with Crippen LogP contribution >= 0.6 is 26.6 Å². The predicted octanol–water partition coefficient (Wildman–Crippen LogP) is 3.85. The van der Waals surface area contributed by atoms with Gasteiger partial charge in [0.15, 0.2) is 0 Å². The van der Waals surface area contributed by atoms with E-state index in [1.807, 2.05) is 27.7 Å². The molecule has 21 heavy (non-hydrogen) atoms. The number of rotatable bonds is 3. The minimum Gasteiger partial charge on any atom is -0.349 e. The lowest BCUT2D eigenvalue weighted by atomic mass is 9.88. The van der Waals surface area contributed by atoms with Crippen molar-refractivity contribution >= 4 is 41.6 Å². The van der Waals surface area contributed by atoms with E-state index in [2.05, 4.69) is 21.2 Å². The first-order valence-electron chi connectivity index (χ1n) is 6.39. The van der Waals surface area contributed by atoms with Crippen molar-refractivity contribution in [3.8, 4) is 0 Å². The maximum atomic E-state index is 12.4. The van der Waals surface area contributed by atoms with Crippen LogP contribution in [0, 0.1) is 12.3 Å². The molecule has 0 heterocycles. The monoisotopic (exact) mass is 395 g/mol. The highest BCUT2D eigenvalue weighted by Gasteiger charge is 2.25. The smallest absolute Gasteiger partial charge is 0.261 e. The number of amides is 1. The summed E-state index contributed by atoms with van der Waals surface area (Å²) in [5.74, 6) is -0.321. The molecule has 1 rings (SSSR count). The summed E-state index contributed by atoms with van der Waals surface area (Å²) in [7, 11) is 1.50. The van der Waals surface area contributed by atoms with Crippen molar-refractivity contribution in [1.82, 2.24) is 5.32 Å². The zero-order valence-electron chi connectivity index (χ0n) is 12.6. The standard InChI is InChI=1S/C14H19BrClNO3S/c1-8-11(13(18)17-9(2)14(3,4)5)6-10(15)7-12(8)21(16,19)20/h6-7,9H,1-5H3,(H,17,18). The Kier molecular flexibility index (Phi) is 5.51. The van der Waals surface area contributed by atoms with E-state index in [-0.39, 0.29) is 22.3 Å². The fourth-order valence-corrected chi connectivity index (χ4v) is 3.47. The highest BCUT2D eigenvalue weighted by Crippen LogP contribution is 2.28. The molecule has 7 heteroatoms. The van der Waals surface area contributed by atoms with Crippen LogP contribution in [0.15, 0.2) is 21.5 Å². The Hall–Kier alpha value is -0.590. The Bertz CT molecular complexity index is 666. The van der Waals surface area contributed by atoms with E-state index < -0.39 is 9.05 Å². The lowest BCUT2D eigenvalue weighted by molar-refractivity contribution is 0.0909. The van der Waals surface area contributed by atoms with E-state index in [1.54, 1.807) is 13.0 Å². The van der Waals surface area contributed by atoms with Gasteiger partial charge in [-0.2, -0.15) is 0 Å². The van der Waals surface area contributed by atoms with Gasteiger partial charge in [-0.25, -0.2) is 8.42 Å². The third kappa shape index (κ3) is 4.69. The molecule has 0 spiro atoms. The van der Waals surface area contributed by atoms with Crippen molar-refractivity contribution in [3.63, 3.8) is 0 Å². The maximum Gasteiger partial charge on any atom is 0.261 e. The van der Waals surface area contributed by atoms with Crippen LogP contribution in [0.2, 0.25) is 0 Å². The second kappa shape index (κ2) is 6.26. The first-order chi connectivity index (χ1) is 9.34. The normalized spacial score (nSPS) is 13.9. The Morgan fingerprint density at radius 2 is 1.86 bits per heavy atom. The zero-order valence-corrected chi connectivity index (χ0v) is 15.8. The van der Waals surface area contributed by atoms with Crippen molar-refractivity contribution in [2.45, 2.75) is 45.6 Å². The Morgan fingerprint density at radius 3 is 2.29 bits per heavy atom. The SMILES string of the molecule is Cc1c(C(=O)NC(C)C(C)(C)C)cc(Br)cc1S(=O)(=O)Cl. The van der Waals surface area contributed by atoms with E-state index in [0.717, 1.165) is 0 Å². The number of hydrogen-bond donors (Lipinski definition) is 1. The fraction of sp³-hybridized carbons (Fsp3) is 0.500. The summed E-state index contributed by atoms with van der Waals surface area (Å²) in [5, 5.41) is 2.89. The first-order valence-corrected chi connectivity index (χ1v) is 9.50. The number of halogens is 2. The molecule has 1 unspecified atom stereocenters. The highest BCUT2D eigenvalue weighted by molar-refractivity contribution is 9.10. The van der Waals surface area contributed by atoms with Gasteiger partial charge in [-0.1, -0.05) is 36.7 Å². The molecule has 1 amide bonds. The average Bonchev–Trinajstić information content (AvgIpc) is 2.28. The van der Waals surface area contributed by atoms with Gasteiger partial charge in [-0.15, -0.1) is 0 Å². The van der Waals surface area contributed by atoms with E-state index in [0.29, 0.717) is 15.6 Å². The van der Waals surface area contributed by atoms with Crippen LogP contribution < -0.4 is 5.32 Å². The summed E-state index contributed by atoms with van der Waals surface area (Å²) in [6.45, 7) is 9.52. The van der Waals surface area contributed by atoms with Gasteiger partial charge < -0.3 is 5.32 Å². The molecule has 0 bridgehead atoms. The van der Waals surface area contributed by atoms with Gasteiger partial charge in [-0.05, 0) is 37.0 Å². The Morgan fingerprint density at radius 1 is 1.33 bits per heavy atom. The molecule has 1 aromatic carbocycles. The number of carbonyl (C=O) groups excluding carboxylic acids is 1. The maximum absolute atomic E-state index is 12.4. The molecule has 118 valence electrons. The summed E-state index contributed by atoms with van der Waals surface area (Å²) >= 11 is 3.21. The molecule has 1 atom stereocenters.